The van der Waals surface area contributed by atoms with E-state index in [-0.39, 0.29) is 30.2 Å². The van der Waals surface area contributed by atoms with E-state index in [4.69, 9.17) is 9.47 Å². The fourth-order valence-electron chi connectivity index (χ4n) is 3.33. The lowest BCUT2D eigenvalue weighted by atomic mass is 9.81. The number of ether oxygens (including phenoxy) is 2. The number of rotatable bonds is 5. The van der Waals surface area contributed by atoms with Crippen LogP contribution in [-0.2, 0) is 0 Å². The zero-order valence-electron chi connectivity index (χ0n) is 15.4. The third-order valence-electron chi connectivity index (χ3n) is 4.14. The van der Waals surface area contributed by atoms with Crippen LogP contribution in [0.2, 0.25) is 0 Å². The van der Waals surface area contributed by atoms with Crippen LogP contribution < -0.4 is 14.8 Å². The maximum absolute atomic E-state index is 5.76. The first-order valence-corrected chi connectivity index (χ1v) is 8.23. The minimum absolute atomic E-state index is 0. The lowest BCUT2D eigenvalue weighted by Gasteiger charge is -2.42. The van der Waals surface area contributed by atoms with E-state index in [2.05, 4.69) is 43.1 Å². The SMILES string of the molecule is CCOc1cc([C@H](N2CCNCC2)C(C)(C)C)ccc1OC.Cl.Cl. The predicted molar refractivity (Wildman–Crippen MR) is 105 cm³/mol. The van der Waals surface area contributed by atoms with Gasteiger partial charge in [0.2, 0.25) is 0 Å². The monoisotopic (exact) mass is 378 g/mol. The van der Waals surface area contributed by atoms with Crippen LogP contribution in [0.5, 0.6) is 11.5 Å². The van der Waals surface area contributed by atoms with E-state index in [0.29, 0.717) is 12.6 Å². The minimum Gasteiger partial charge on any atom is -0.493 e. The van der Waals surface area contributed by atoms with Crippen molar-refractivity contribution in [2.75, 3.05) is 39.9 Å². The summed E-state index contributed by atoms with van der Waals surface area (Å²) < 4.78 is 11.2. The molecule has 2 rings (SSSR count). The predicted octanol–water partition coefficient (Wildman–Crippen LogP) is 3.93. The number of nitrogens with one attached hydrogen (secondary N) is 1. The topological polar surface area (TPSA) is 33.7 Å². The first-order valence-electron chi connectivity index (χ1n) is 8.23. The number of benzene rings is 1. The van der Waals surface area contributed by atoms with E-state index >= 15 is 0 Å². The second-order valence-corrected chi connectivity index (χ2v) is 6.90. The van der Waals surface area contributed by atoms with Crippen LogP contribution in [0.25, 0.3) is 0 Å². The van der Waals surface area contributed by atoms with Crippen LogP contribution in [0.1, 0.15) is 39.3 Å². The molecule has 1 heterocycles. The molecule has 0 spiro atoms. The van der Waals surface area contributed by atoms with Crippen LogP contribution in [-0.4, -0.2) is 44.8 Å². The Bertz CT molecular complexity index is 486. The highest BCUT2D eigenvalue weighted by molar-refractivity contribution is 5.85. The Morgan fingerprint density at radius 2 is 1.75 bits per heavy atom. The van der Waals surface area contributed by atoms with Crippen LogP contribution in [0.4, 0.5) is 0 Å². The number of hydrogen-bond donors (Lipinski definition) is 1. The molecule has 4 nitrogen and oxygen atoms in total. The first kappa shape index (κ1) is 23.3. The van der Waals surface area contributed by atoms with Crippen molar-refractivity contribution in [1.82, 2.24) is 10.2 Å². The summed E-state index contributed by atoms with van der Waals surface area (Å²) in [5.74, 6) is 1.64. The largest absolute Gasteiger partial charge is 0.493 e. The second kappa shape index (κ2) is 10.3. The van der Waals surface area contributed by atoms with Crippen LogP contribution >= 0.6 is 24.8 Å². The van der Waals surface area contributed by atoms with Gasteiger partial charge in [0.05, 0.1) is 13.7 Å². The average molecular weight is 379 g/mol. The summed E-state index contributed by atoms with van der Waals surface area (Å²) in [6, 6.07) is 6.74. The molecule has 0 unspecified atom stereocenters. The summed E-state index contributed by atoms with van der Waals surface area (Å²) in [6.07, 6.45) is 0. The number of halogens is 2. The molecule has 1 fully saturated rings. The van der Waals surface area contributed by atoms with E-state index in [0.717, 1.165) is 37.7 Å². The molecule has 0 amide bonds. The van der Waals surface area contributed by atoms with Gasteiger partial charge >= 0.3 is 0 Å². The molecule has 0 aromatic heterocycles. The molecule has 1 aliphatic heterocycles. The Morgan fingerprint density at radius 3 is 2.25 bits per heavy atom. The van der Waals surface area contributed by atoms with Crippen LogP contribution in [0.3, 0.4) is 0 Å². The Morgan fingerprint density at radius 1 is 1.12 bits per heavy atom. The third-order valence-corrected chi connectivity index (χ3v) is 4.14. The second-order valence-electron chi connectivity index (χ2n) is 6.90. The minimum atomic E-state index is 0. The summed E-state index contributed by atoms with van der Waals surface area (Å²) in [7, 11) is 1.69. The van der Waals surface area contributed by atoms with Crippen molar-refractivity contribution in [3.8, 4) is 11.5 Å². The third kappa shape index (κ3) is 5.69. The molecular weight excluding hydrogens is 347 g/mol. The fraction of sp³-hybridized carbons (Fsp3) is 0.667. The van der Waals surface area contributed by atoms with Gasteiger partial charge in [0.1, 0.15) is 0 Å². The number of methoxy groups -OCH3 is 1. The molecular formula is C18H32Cl2N2O2. The fourth-order valence-corrected chi connectivity index (χ4v) is 3.33. The van der Waals surface area contributed by atoms with Crippen molar-refractivity contribution >= 4 is 24.8 Å². The van der Waals surface area contributed by atoms with Gasteiger partial charge in [0.25, 0.3) is 0 Å². The summed E-state index contributed by atoms with van der Waals surface area (Å²) >= 11 is 0. The Hall–Kier alpha value is -0.680. The molecule has 1 aromatic rings. The van der Waals surface area contributed by atoms with Crippen molar-refractivity contribution in [3.05, 3.63) is 23.8 Å². The molecule has 24 heavy (non-hydrogen) atoms. The molecule has 0 aliphatic carbocycles. The van der Waals surface area contributed by atoms with Crippen molar-refractivity contribution in [3.63, 3.8) is 0 Å². The van der Waals surface area contributed by atoms with E-state index in [1.807, 2.05) is 13.0 Å². The maximum atomic E-state index is 5.76. The van der Waals surface area contributed by atoms with Gasteiger partial charge in [-0.15, -0.1) is 24.8 Å². The van der Waals surface area contributed by atoms with E-state index in [1.165, 1.54) is 5.56 Å². The van der Waals surface area contributed by atoms with Crippen LogP contribution in [0.15, 0.2) is 18.2 Å². The Balaban J connectivity index is 0.00000264. The van der Waals surface area contributed by atoms with Gasteiger partial charge in [-0.1, -0.05) is 26.8 Å². The van der Waals surface area contributed by atoms with E-state index in [1.54, 1.807) is 7.11 Å². The highest BCUT2D eigenvalue weighted by Gasteiger charge is 2.33. The van der Waals surface area contributed by atoms with E-state index < -0.39 is 0 Å². The maximum Gasteiger partial charge on any atom is 0.161 e. The Kier molecular flexibility index (Phi) is 10.0. The van der Waals surface area contributed by atoms with Crippen molar-refractivity contribution in [2.24, 2.45) is 5.41 Å². The zero-order chi connectivity index (χ0) is 16.2. The summed E-state index contributed by atoms with van der Waals surface area (Å²) in [5.41, 5.74) is 1.47. The lowest BCUT2D eigenvalue weighted by molar-refractivity contribution is 0.0859. The van der Waals surface area contributed by atoms with Gasteiger partial charge in [-0.2, -0.15) is 0 Å². The Labute approximate surface area is 159 Å². The highest BCUT2D eigenvalue weighted by Crippen LogP contribution is 2.41. The summed E-state index contributed by atoms with van der Waals surface area (Å²) in [5, 5.41) is 3.44. The zero-order valence-corrected chi connectivity index (χ0v) is 17.1. The number of hydrogen-bond acceptors (Lipinski definition) is 4. The summed E-state index contributed by atoms with van der Waals surface area (Å²) in [6.45, 7) is 13.9. The van der Waals surface area contributed by atoms with Crippen LogP contribution in [0, 0.1) is 5.41 Å². The van der Waals surface area contributed by atoms with Gasteiger partial charge < -0.3 is 14.8 Å². The smallest absolute Gasteiger partial charge is 0.161 e. The molecule has 1 N–H and O–H groups in total. The average Bonchev–Trinajstić information content (AvgIpc) is 2.48. The van der Waals surface area contributed by atoms with Gasteiger partial charge in [-0.3, -0.25) is 4.90 Å². The number of piperazine rings is 1. The highest BCUT2D eigenvalue weighted by atomic mass is 35.5. The normalized spacial score (nSPS) is 16.5. The standard InChI is InChI=1S/C18H30N2O2.2ClH/c1-6-22-16-13-14(7-8-15(16)21-5)17(18(2,3)4)20-11-9-19-10-12-20;;/h7-8,13,17,19H,6,9-12H2,1-5H3;2*1H/t17-;;/m0../s1. The van der Waals surface area contributed by atoms with Gasteiger partial charge in [-0.05, 0) is 30.0 Å². The molecule has 140 valence electrons. The van der Waals surface area contributed by atoms with Crippen molar-refractivity contribution in [1.29, 1.82) is 0 Å². The molecule has 0 bridgehead atoms. The molecule has 1 saturated heterocycles. The molecule has 0 radical (unpaired) electrons. The summed E-state index contributed by atoms with van der Waals surface area (Å²) in [4.78, 5) is 2.58. The lowest BCUT2D eigenvalue weighted by Crippen LogP contribution is -2.48. The van der Waals surface area contributed by atoms with Gasteiger partial charge in [-0.25, -0.2) is 0 Å². The van der Waals surface area contributed by atoms with Crippen molar-refractivity contribution < 1.29 is 9.47 Å². The first-order chi connectivity index (χ1) is 10.5. The van der Waals surface area contributed by atoms with Crippen molar-refractivity contribution in [2.45, 2.75) is 33.7 Å². The van der Waals surface area contributed by atoms with Gasteiger partial charge in [0, 0.05) is 32.2 Å². The number of nitrogens with zero attached hydrogens (tertiary/aromatic N) is 1. The van der Waals surface area contributed by atoms with E-state index in [9.17, 15) is 0 Å². The molecule has 0 saturated carbocycles. The molecule has 1 aliphatic rings. The quantitative estimate of drug-likeness (QED) is 0.841. The molecule has 1 aromatic carbocycles. The molecule has 6 heteroatoms. The van der Waals surface area contributed by atoms with Gasteiger partial charge in [0.15, 0.2) is 11.5 Å². The molecule has 1 atom stereocenters.